The molecule has 0 amide bonds. The number of carbonyl (C=O) groups is 4. The lowest BCUT2D eigenvalue weighted by atomic mass is 10.1. The van der Waals surface area contributed by atoms with Crippen molar-refractivity contribution in [2.75, 3.05) is 0 Å². The molecule has 0 saturated carbocycles. The fraction of sp³-hybridized carbons (Fsp3) is 0. The van der Waals surface area contributed by atoms with E-state index >= 15 is 4.39 Å². The molecule has 0 aliphatic rings. The maximum Gasteiger partial charge on any atom is 0.335 e. The molecule has 0 fully saturated rings. The number of ether oxygens (including phenoxy) is 4. The predicted octanol–water partition coefficient (Wildman–Crippen LogP) is 4.99. The van der Waals surface area contributed by atoms with E-state index in [4.69, 9.17) is 18.9 Å². The molecule has 0 spiro atoms. The number of rotatable bonds is 8. The highest BCUT2D eigenvalue weighted by Crippen LogP contribution is 2.33. The van der Waals surface area contributed by atoms with Crippen molar-refractivity contribution in [1.29, 1.82) is 0 Å². The van der Waals surface area contributed by atoms with Crippen LogP contribution in [-0.2, 0) is 19.2 Å². The van der Waals surface area contributed by atoms with Gasteiger partial charge in [-0.25, -0.2) is 23.6 Å². The summed E-state index contributed by atoms with van der Waals surface area (Å²) in [6.45, 7) is 13.3. The third kappa shape index (κ3) is 8.77. The normalized spacial score (nSPS) is 9.42. The van der Waals surface area contributed by atoms with Crippen LogP contribution in [0.1, 0.15) is 22.3 Å². The van der Waals surface area contributed by atoms with E-state index in [9.17, 15) is 19.2 Å². The van der Waals surface area contributed by atoms with Gasteiger partial charge in [-0.2, -0.15) is 0 Å². The van der Waals surface area contributed by atoms with Gasteiger partial charge < -0.3 is 18.9 Å². The second-order valence-electron chi connectivity index (χ2n) is 7.99. The Morgan fingerprint density at radius 3 is 1.47 bits per heavy atom. The van der Waals surface area contributed by atoms with Crippen molar-refractivity contribution in [3.05, 3.63) is 133 Å². The van der Waals surface area contributed by atoms with Crippen LogP contribution in [0.2, 0.25) is 0 Å². The first-order valence-electron chi connectivity index (χ1n) is 12.1. The molecule has 3 rings (SSSR count). The van der Waals surface area contributed by atoms with Crippen LogP contribution in [0, 0.1) is 29.5 Å². The first kappa shape index (κ1) is 31.1. The lowest BCUT2D eigenvalue weighted by Gasteiger charge is -2.12. The fourth-order valence-corrected chi connectivity index (χ4v) is 3.09. The van der Waals surface area contributed by atoms with E-state index in [-0.39, 0.29) is 22.8 Å². The van der Waals surface area contributed by atoms with E-state index in [2.05, 4.69) is 50.0 Å². The molecular formula is C34H21FO8. The molecule has 0 bridgehead atoms. The van der Waals surface area contributed by atoms with Gasteiger partial charge in [0.25, 0.3) is 0 Å². The standard InChI is InChI=1S/C34H21FO8/c1-5-29(36)40-25-16-10-22(11-17-25)9-15-24-21-28(42-31(38)7-3)27(33(35)34(24)43-32(39)8-4)20-14-23-12-18-26(19-13-23)41-30(37)6-2/h5-8,10-13,16-19,21H,1-4H2. The number of hydrogen-bond donors (Lipinski definition) is 0. The van der Waals surface area contributed by atoms with Crippen molar-refractivity contribution < 1.29 is 42.5 Å². The molecule has 212 valence electrons. The maximum atomic E-state index is 15.9. The smallest absolute Gasteiger partial charge is 0.335 e. The second-order valence-corrected chi connectivity index (χ2v) is 7.99. The minimum absolute atomic E-state index is 0.152. The number of halogens is 1. The Morgan fingerprint density at radius 2 is 1.00 bits per heavy atom. The Bertz CT molecular complexity index is 1760. The molecule has 0 unspecified atom stereocenters. The van der Waals surface area contributed by atoms with E-state index in [0.717, 1.165) is 24.3 Å². The molecule has 0 radical (unpaired) electrons. The van der Waals surface area contributed by atoms with E-state index in [1.165, 1.54) is 54.6 Å². The van der Waals surface area contributed by atoms with Crippen molar-refractivity contribution in [2.45, 2.75) is 0 Å². The van der Waals surface area contributed by atoms with Crippen molar-refractivity contribution in [3.63, 3.8) is 0 Å². The van der Waals surface area contributed by atoms with Gasteiger partial charge in [0.2, 0.25) is 0 Å². The summed E-state index contributed by atoms with van der Waals surface area (Å²) in [5.41, 5.74) is 0.244. The monoisotopic (exact) mass is 576 g/mol. The van der Waals surface area contributed by atoms with Crippen LogP contribution in [0.4, 0.5) is 4.39 Å². The molecule has 3 aromatic rings. The molecule has 0 aromatic heterocycles. The highest BCUT2D eigenvalue weighted by atomic mass is 19.1. The SMILES string of the molecule is C=CC(=O)Oc1ccc(C#Cc2cc(OC(=O)C=C)c(C#Cc3ccc(OC(=O)C=C)cc3)c(F)c2OC(=O)C=C)cc1. The van der Waals surface area contributed by atoms with Crippen LogP contribution in [0.15, 0.2) is 105 Å². The zero-order chi connectivity index (χ0) is 31.4. The first-order valence-corrected chi connectivity index (χ1v) is 12.1. The quantitative estimate of drug-likeness (QED) is 0.160. The van der Waals surface area contributed by atoms with E-state index in [1.54, 1.807) is 0 Å². The number of benzene rings is 3. The molecule has 43 heavy (non-hydrogen) atoms. The van der Waals surface area contributed by atoms with Gasteiger partial charge in [-0.05, 0) is 48.5 Å². The highest BCUT2D eigenvalue weighted by Gasteiger charge is 2.22. The summed E-state index contributed by atoms with van der Waals surface area (Å²) < 4.78 is 36.3. The number of hydrogen-bond acceptors (Lipinski definition) is 8. The largest absolute Gasteiger partial charge is 0.423 e. The Balaban J connectivity index is 2.09. The molecule has 0 N–H and O–H groups in total. The molecule has 9 heteroatoms. The first-order chi connectivity index (χ1) is 20.7. The van der Waals surface area contributed by atoms with E-state index in [1.807, 2.05) is 0 Å². The van der Waals surface area contributed by atoms with Crippen molar-refractivity contribution >= 4 is 23.9 Å². The van der Waals surface area contributed by atoms with Gasteiger partial charge in [-0.3, -0.25) is 0 Å². The summed E-state index contributed by atoms with van der Waals surface area (Å²) in [6.07, 6.45) is 3.72. The molecule has 3 aromatic carbocycles. The van der Waals surface area contributed by atoms with Gasteiger partial charge in [-0.1, -0.05) is 50.0 Å². The average Bonchev–Trinajstić information content (AvgIpc) is 3.02. The highest BCUT2D eigenvalue weighted by molar-refractivity contribution is 5.86. The van der Waals surface area contributed by atoms with Gasteiger partial charge in [0.05, 0.1) is 5.56 Å². The molecule has 0 aliphatic heterocycles. The fourth-order valence-electron chi connectivity index (χ4n) is 3.09. The lowest BCUT2D eigenvalue weighted by molar-refractivity contribution is -0.130. The number of carbonyl (C=O) groups excluding carboxylic acids is 4. The van der Waals surface area contributed by atoms with Gasteiger partial charge in [0.15, 0.2) is 17.3 Å². The Morgan fingerprint density at radius 1 is 0.581 bits per heavy atom. The number of esters is 4. The molecular weight excluding hydrogens is 555 g/mol. The zero-order valence-corrected chi connectivity index (χ0v) is 22.5. The topological polar surface area (TPSA) is 105 Å². The second kappa shape index (κ2) is 14.8. The lowest BCUT2D eigenvalue weighted by Crippen LogP contribution is -2.10. The van der Waals surface area contributed by atoms with Crippen molar-refractivity contribution in [3.8, 4) is 46.7 Å². The van der Waals surface area contributed by atoms with Crippen molar-refractivity contribution in [2.24, 2.45) is 0 Å². The summed E-state index contributed by atoms with van der Waals surface area (Å²) >= 11 is 0. The summed E-state index contributed by atoms with van der Waals surface area (Å²) in [5.74, 6) is 6.04. The van der Waals surface area contributed by atoms with Crippen LogP contribution in [0.5, 0.6) is 23.0 Å². The van der Waals surface area contributed by atoms with Crippen LogP contribution in [0.3, 0.4) is 0 Å². The summed E-state index contributed by atoms with van der Waals surface area (Å²) in [5, 5.41) is 0. The minimum atomic E-state index is -1.13. The Labute approximate surface area is 246 Å². The maximum absolute atomic E-state index is 15.9. The summed E-state index contributed by atoms with van der Waals surface area (Å²) in [6, 6.07) is 13.2. The van der Waals surface area contributed by atoms with Crippen molar-refractivity contribution in [1.82, 2.24) is 0 Å². The minimum Gasteiger partial charge on any atom is -0.423 e. The zero-order valence-electron chi connectivity index (χ0n) is 22.5. The molecule has 0 atom stereocenters. The van der Waals surface area contributed by atoms with Crippen LogP contribution in [0.25, 0.3) is 0 Å². The Kier molecular flexibility index (Phi) is 10.7. The predicted molar refractivity (Wildman–Crippen MR) is 155 cm³/mol. The third-order valence-electron chi connectivity index (χ3n) is 5.08. The third-order valence-corrected chi connectivity index (χ3v) is 5.08. The molecule has 8 nitrogen and oxygen atoms in total. The van der Waals surface area contributed by atoms with Gasteiger partial charge in [0.1, 0.15) is 17.1 Å². The average molecular weight is 577 g/mol. The van der Waals surface area contributed by atoms with Gasteiger partial charge >= 0.3 is 23.9 Å². The molecule has 0 aliphatic carbocycles. The van der Waals surface area contributed by atoms with Crippen LogP contribution in [-0.4, -0.2) is 23.9 Å². The molecule has 0 heterocycles. The molecule has 0 saturated heterocycles. The summed E-state index contributed by atoms with van der Waals surface area (Å²) in [7, 11) is 0. The van der Waals surface area contributed by atoms with E-state index in [0.29, 0.717) is 11.1 Å². The van der Waals surface area contributed by atoms with Gasteiger partial charge in [-0.15, -0.1) is 0 Å². The Hall–Kier alpha value is -6.45. The van der Waals surface area contributed by atoms with E-state index < -0.39 is 41.0 Å². The van der Waals surface area contributed by atoms with Crippen LogP contribution < -0.4 is 18.9 Å². The van der Waals surface area contributed by atoms with Gasteiger partial charge in [0, 0.05) is 41.5 Å². The van der Waals surface area contributed by atoms with Crippen LogP contribution >= 0.6 is 0 Å². The summed E-state index contributed by atoms with van der Waals surface area (Å²) in [4.78, 5) is 46.9.